The van der Waals surface area contributed by atoms with E-state index in [9.17, 15) is 4.79 Å². The van der Waals surface area contributed by atoms with Crippen molar-refractivity contribution in [2.24, 2.45) is 0 Å². The fourth-order valence-electron chi connectivity index (χ4n) is 2.58. The minimum atomic E-state index is 0.0930. The number of aliphatic hydroxyl groups is 1. The lowest BCUT2D eigenvalue weighted by atomic mass is 9.99. The zero-order valence-electron chi connectivity index (χ0n) is 11.1. The van der Waals surface area contributed by atoms with Gasteiger partial charge >= 0.3 is 0 Å². The molecular weight excluding hydrogens is 242 g/mol. The number of nitrogens with zero attached hydrogens (tertiary/aromatic N) is 2. The van der Waals surface area contributed by atoms with Crippen molar-refractivity contribution in [3.63, 3.8) is 0 Å². The molecule has 0 spiro atoms. The number of aliphatic hydroxyl groups excluding tert-OH is 1. The van der Waals surface area contributed by atoms with Gasteiger partial charge in [-0.15, -0.1) is 0 Å². The van der Waals surface area contributed by atoms with E-state index in [0.717, 1.165) is 31.5 Å². The molecule has 0 radical (unpaired) electrons. The predicted octanol–water partition coefficient (Wildman–Crippen LogP) is 0.970. The Hall–Kier alpha value is -1.62. The lowest BCUT2D eigenvalue weighted by Crippen LogP contribution is -2.44. The number of anilines is 1. The van der Waals surface area contributed by atoms with Crippen LogP contribution in [0, 0.1) is 0 Å². The molecule has 104 valence electrons. The normalized spacial score (nSPS) is 19.4. The maximum Gasteiger partial charge on any atom is 0.228 e. The van der Waals surface area contributed by atoms with Gasteiger partial charge in [0, 0.05) is 24.9 Å². The Morgan fingerprint density at radius 1 is 1.47 bits per heavy atom. The van der Waals surface area contributed by atoms with Crippen LogP contribution in [0.2, 0.25) is 0 Å². The monoisotopic (exact) mass is 263 g/mol. The Morgan fingerprint density at radius 3 is 3.00 bits per heavy atom. The molecule has 3 N–H and O–H groups in total. The molecule has 1 amide bonds. The van der Waals surface area contributed by atoms with Crippen LogP contribution in [0.4, 0.5) is 5.69 Å². The number of hydrogen-bond acceptors (Lipinski definition) is 4. The molecule has 1 aliphatic heterocycles. The van der Waals surface area contributed by atoms with Crippen molar-refractivity contribution < 1.29 is 9.90 Å². The van der Waals surface area contributed by atoms with Crippen LogP contribution in [-0.4, -0.2) is 40.1 Å². The van der Waals surface area contributed by atoms with Gasteiger partial charge in [0.15, 0.2) is 0 Å². The van der Waals surface area contributed by atoms with Gasteiger partial charge in [-0.3, -0.25) is 9.78 Å². The highest BCUT2D eigenvalue weighted by atomic mass is 16.3. The van der Waals surface area contributed by atoms with E-state index in [2.05, 4.69) is 4.98 Å². The van der Waals surface area contributed by atoms with Crippen LogP contribution in [0.15, 0.2) is 18.3 Å². The van der Waals surface area contributed by atoms with Crippen molar-refractivity contribution in [1.29, 1.82) is 0 Å². The lowest BCUT2D eigenvalue weighted by Gasteiger charge is -2.35. The number of amides is 1. The molecule has 19 heavy (non-hydrogen) atoms. The molecule has 1 unspecified atom stereocenters. The summed E-state index contributed by atoms with van der Waals surface area (Å²) in [5.74, 6) is 0.0930. The number of nitrogen functional groups attached to an aromatic ring is 1. The van der Waals surface area contributed by atoms with Crippen LogP contribution in [0.25, 0.3) is 0 Å². The molecule has 1 fully saturated rings. The third-order valence-electron chi connectivity index (χ3n) is 3.59. The summed E-state index contributed by atoms with van der Waals surface area (Å²) in [5, 5.41) is 9.07. The maximum atomic E-state index is 12.3. The zero-order chi connectivity index (χ0) is 13.7. The minimum Gasteiger partial charge on any atom is -0.397 e. The second kappa shape index (κ2) is 6.52. The first kappa shape index (κ1) is 13.8. The van der Waals surface area contributed by atoms with E-state index < -0.39 is 0 Å². The maximum absolute atomic E-state index is 12.3. The molecule has 0 aliphatic carbocycles. The van der Waals surface area contributed by atoms with Crippen LogP contribution < -0.4 is 5.73 Å². The van der Waals surface area contributed by atoms with Gasteiger partial charge in [0.2, 0.25) is 5.91 Å². The molecule has 1 saturated heterocycles. The molecule has 1 aromatic rings. The SMILES string of the molecule is Nc1ccc(CC(=O)N2CCCCC2CCO)nc1. The molecule has 1 atom stereocenters. The summed E-state index contributed by atoms with van der Waals surface area (Å²) in [6.45, 7) is 0.924. The van der Waals surface area contributed by atoms with Crippen molar-refractivity contribution >= 4 is 11.6 Å². The summed E-state index contributed by atoms with van der Waals surface area (Å²) in [7, 11) is 0. The molecule has 2 rings (SSSR count). The number of piperidine rings is 1. The molecule has 0 saturated carbocycles. The summed E-state index contributed by atoms with van der Waals surface area (Å²) in [6, 6.07) is 3.73. The highest BCUT2D eigenvalue weighted by Crippen LogP contribution is 2.20. The van der Waals surface area contributed by atoms with Gasteiger partial charge in [-0.05, 0) is 37.8 Å². The van der Waals surface area contributed by atoms with Gasteiger partial charge in [0.1, 0.15) is 0 Å². The van der Waals surface area contributed by atoms with Gasteiger partial charge in [-0.1, -0.05) is 0 Å². The van der Waals surface area contributed by atoms with Gasteiger partial charge < -0.3 is 15.7 Å². The fourth-order valence-corrected chi connectivity index (χ4v) is 2.58. The highest BCUT2D eigenvalue weighted by molar-refractivity contribution is 5.78. The van der Waals surface area contributed by atoms with Gasteiger partial charge in [-0.2, -0.15) is 0 Å². The standard InChI is InChI=1S/C14H21N3O2/c15-11-4-5-12(16-10-11)9-14(19)17-7-2-1-3-13(17)6-8-18/h4-5,10,13,18H,1-3,6-9,15H2. The fraction of sp³-hybridized carbons (Fsp3) is 0.571. The van der Waals surface area contributed by atoms with E-state index >= 15 is 0 Å². The number of pyridine rings is 1. The van der Waals surface area contributed by atoms with Crippen molar-refractivity contribution in [3.8, 4) is 0 Å². The quantitative estimate of drug-likeness (QED) is 0.848. The van der Waals surface area contributed by atoms with E-state index in [4.69, 9.17) is 10.8 Å². The van der Waals surface area contributed by atoms with E-state index in [-0.39, 0.29) is 18.6 Å². The number of carbonyl (C=O) groups excluding carboxylic acids is 1. The summed E-state index contributed by atoms with van der Waals surface area (Å²) < 4.78 is 0. The molecule has 2 heterocycles. The van der Waals surface area contributed by atoms with Crippen LogP contribution in [-0.2, 0) is 11.2 Å². The summed E-state index contributed by atoms with van der Waals surface area (Å²) in [5.41, 5.74) is 6.92. The Balaban J connectivity index is 1.99. The van der Waals surface area contributed by atoms with E-state index in [1.54, 1.807) is 18.3 Å². The summed E-state index contributed by atoms with van der Waals surface area (Å²) in [4.78, 5) is 18.4. The molecule has 0 aromatic carbocycles. The lowest BCUT2D eigenvalue weighted by molar-refractivity contribution is -0.134. The Kier molecular flexibility index (Phi) is 4.74. The number of likely N-dealkylation sites (tertiary alicyclic amines) is 1. The third kappa shape index (κ3) is 3.67. The topological polar surface area (TPSA) is 79.5 Å². The van der Waals surface area contributed by atoms with Crippen LogP contribution >= 0.6 is 0 Å². The molecule has 1 aromatic heterocycles. The summed E-state index contributed by atoms with van der Waals surface area (Å²) >= 11 is 0. The highest BCUT2D eigenvalue weighted by Gasteiger charge is 2.26. The van der Waals surface area contributed by atoms with Crippen molar-refractivity contribution in [2.75, 3.05) is 18.9 Å². The number of hydrogen-bond donors (Lipinski definition) is 2. The van der Waals surface area contributed by atoms with Gasteiger partial charge in [-0.25, -0.2) is 0 Å². The third-order valence-corrected chi connectivity index (χ3v) is 3.59. The van der Waals surface area contributed by atoms with Gasteiger partial charge in [0.25, 0.3) is 0 Å². The number of carbonyl (C=O) groups is 1. The Bertz CT molecular complexity index is 417. The second-order valence-corrected chi connectivity index (χ2v) is 5.01. The van der Waals surface area contributed by atoms with Crippen LogP contribution in [0.3, 0.4) is 0 Å². The van der Waals surface area contributed by atoms with Crippen molar-refractivity contribution in [3.05, 3.63) is 24.0 Å². The Labute approximate surface area is 113 Å². The van der Waals surface area contributed by atoms with Crippen molar-refractivity contribution in [1.82, 2.24) is 9.88 Å². The van der Waals surface area contributed by atoms with Gasteiger partial charge in [0.05, 0.1) is 18.3 Å². The average Bonchev–Trinajstić information content (AvgIpc) is 2.42. The van der Waals surface area contributed by atoms with E-state index in [1.807, 2.05) is 4.90 Å². The number of nitrogens with two attached hydrogens (primary N) is 1. The molecule has 5 nitrogen and oxygen atoms in total. The first-order valence-electron chi connectivity index (χ1n) is 6.81. The van der Waals surface area contributed by atoms with Crippen LogP contribution in [0.5, 0.6) is 0 Å². The van der Waals surface area contributed by atoms with Crippen LogP contribution in [0.1, 0.15) is 31.4 Å². The molecule has 5 heteroatoms. The summed E-state index contributed by atoms with van der Waals surface area (Å²) in [6.07, 6.45) is 5.71. The predicted molar refractivity (Wildman–Crippen MR) is 73.4 cm³/mol. The average molecular weight is 263 g/mol. The van der Waals surface area contributed by atoms with E-state index in [0.29, 0.717) is 18.5 Å². The molecular formula is C14H21N3O2. The number of rotatable bonds is 4. The molecule has 0 bridgehead atoms. The Morgan fingerprint density at radius 2 is 2.32 bits per heavy atom. The number of aromatic nitrogens is 1. The largest absolute Gasteiger partial charge is 0.397 e. The second-order valence-electron chi connectivity index (χ2n) is 5.01. The molecule has 1 aliphatic rings. The smallest absolute Gasteiger partial charge is 0.228 e. The minimum absolute atomic E-state index is 0.0930. The first-order valence-corrected chi connectivity index (χ1v) is 6.81. The van der Waals surface area contributed by atoms with Crippen molar-refractivity contribution in [2.45, 2.75) is 38.1 Å². The van der Waals surface area contributed by atoms with E-state index in [1.165, 1.54) is 0 Å². The first-order chi connectivity index (χ1) is 9.20. The zero-order valence-corrected chi connectivity index (χ0v) is 11.1.